The Morgan fingerprint density at radius 1 is 0.492 bits per heavy atom. The molecule has 0 aromatic heterocycles. The summed E-state index contributed by atoms with van der Waals surface area (Å²) in [6.07, 6.45) is 20.6. The molecule has 0 bridgehead atoms. The Morgan fingerprint density at radius 3 is 1.48 bits per heavy atom. The molecular formula is C50H90O15. The molecule has 2 saturated heterocycles. The zero-order valence-electron chi connectivity index (χ0n) is 40.0. The lowest BCUT2D eigenvalue weighted by molar-refractivity contribution is -0.332. The van der Waals surface area contributed by atoms with E-state index in [1.165, 1.54) is 83.5 Å². The molecule has 0 aromatic rings. The van der Waals surface area contributed by atoms with Gasteiger partial charge in [0.05, 0.1) is 19.8 Å². The van der Waals surface area contributed by atoms with Crippen molar-refractivity contribution in [2.45, 2.75) is 255 Å². The van der Waals surface area contributed by atoms with Gasteiger partial charge in [0.25, 0.3) is 0 Å². The molecule has 0 aliphatic carbocycles. The van der Waals surface area contributed by atoms with Crippen molar-refractivity contribution < 1.29 is 73.8 Å². The van der Waals surface area contributed by atoms with Crippen LogP contribution in [-0.4, -0.2) is 142 Å². The van der Waals surface area contributed by atoms with E-state index in [2.05, 4.69) is 38.2 Å². The number of esters is 2. The summed E-state index contributed by atoms with van der Waals surface area (Å²) in [5.41, 5.74) is 0. The number of ether oxygens (including phenoxy) is 6. The first-order chi connectivity index (χ1) is 31.5. The molecule has 2 aliphatic heterocycles. The van der Waals surface area contributed by atoms with E-state index in [-0.39, 0.29) is 26.1 Å². The molecule has 7 N–H and O–H groups in total. The van der Waals surface area contributed by atoms with Crippen LogP contribution in [0.1, 0.15) is 187 Å². The molecule has 2 rings (SSSR count). The number of hydrogen-bond donors (Lipinski definition) is 7. The summed E-state index contributed by atoms with van der Waals surface area (Å²) in [6.45, 7) is 2.54. The molecule has 15 heteroatoms. The number of aliphatic hydroxyl groups is 7. The van der Waals surface area contributed by atoms with E-state index in [1.54, 1.807) is 0 Å². The maximum atomic E-state index is 13.0. The standard InChI is InChI=1S/C50H90O15/c1-3-5-7-9-11-13-15-17-19-21-22-24-26-28-30-32-41(52)60-35-38(63-42(53)33-31-29-27-25-23-20-18-16-14-12-10-8-6-4-2)36-61-49-48(59)46(57)44(55)40(65-49)37-62-50-47(58)45(56)43(54)39(34-51)64-50/h10,12,16,18,38-40,43-51,54-59H,3-9,11,13-15,17,19-37H2,1-2H3/b12-10+,18-16+/t38-,39-,40-,43+,44+,45?,46?,47?,48?,49-,50-/m1/s1. The first-order valence-corrected chi connectivity index (χ1v) is 25.4. The topological polar surface area (TPSA) is 231 Å². The summed E-state index contributed by atoms with van der Waals surface area (Å²) in [5, 5.41) is 72.0. The van der Waals surface area contributed by atoms with Gasteiger partial charge in [0.1, 0.15) is 55.4 Å². The lowest BCUT2D eigenvalue weighted by Gasteiger charge is -2.42. The second-order valence-electron chi connectivity index (χ2n) is 18.0. The largest absolute Gasteiger partial charge is 0.462 e. The van der Waals surface area contributed by atoms with Gasteiger partial charge in [-0.05, 0) is 38.5 Å². The molecule has 0 spiro atoms. The van der Waals surface area contributed by atoms with Gasteiger partial charge in [-0.25, -0.2) is 0 Å². The van der Waals surface area contributed by atoms with Crippen molar-refractivity contribution in [2.24, 2.45) is 0 Å². The third-order valence-corrected chi connectivity index (χ3v) is 12.2. The highest BCUT2D eigenvalue weighted by molar-refractivity contribution is 5.70. The van der Waals surface area contributed by atoms with E-state index in [1.807, 2.05) is 0 Å². The van der Waals surface area contributed by atoms with Gasteiger partial charge >= 0.3 is 11.9 Å². The predicted molar refractivity (Wildman–Crippen MR) is 247 cm³/mol. The number of carbonyl (C=O) groups is 2. The lowest BCUT2D eigenvalue weighted by atomic mass is 9.98. The normalized spacial score (nSPS) is 26.5. The SMILES string of the molecule is CCCC/C=C/C/C=C/CCCCCCCC(=O)O[C@H](COC(=O)CCCCCCCCCCCCCCCCC)CO[C@@H]1O[C@H](CO[C@@H]2O[C@H](CO)[C@H](O)C(O)C2O)[C@H](O)C(O)C1O. The van der Waals surface area contributed by atoms with E-state index in [0.717, 1.165) is 64.2 Å². The van der Waals surface area contributed by atoms with E-state index in [9.17, 15) is 45.3 Å². The van der Waals surface area contributed by atoms with E-state index in [0.29, 0.717) is 12.8 Å². The molecule has 2 fully saturated rings. The number of allylic oxidation sites excluding steroid dienone is 4. The van der Waals surface area contributed by atoms with Crippen LogP contribution < -0.4 is 0 Å². The van der Waals surface area contributed by atoms with Crippen molar-refractivity contribution in [3.05, 3.63) is 24.3 Å². The maximum absolute atomic E-state index is 13.0. The third kappa shape index (κ3) is 26.4. The fraction of sp³-hybridized carbons (Fsp3) is 0.880. The highest BCUT2D eigenvalue weighted by atomic mass is 16.7. The van der Waals surface area contributed by atoms with Crippen LogP contribution in [0.15, 0.2) is 24.3 Å². The summed E-state index contributed by atoms with van der Waals surface area (Å²) in [5.74, 6) is -0.935. The van der Waals surface area contributed by atoms with Crippen LogP contribution in [0.5, 0.6) is 0 Å². The van der Waals surface area contributed by atoms with Gasteiger partial charge < -0.3 is 64.2 Å². The molecule has 65 heavy (non-hydrogen) atoms. The molecule has 0 radical (unpaired) electrons. The Bertz CT molecular complexity index is 1230. The van der Waals surface area contributed by atoms with Gasteiger partial charge in [-0.1, -0.05) is 160 Å². The molecule has 2 aliphatic rings. The monoisotopic (exact) mass is 931 g/mol. The van der Waals surface area contributed by atoms with Crippen molar-refractivity contribution >= 4 is 11.9 Å². The smallest absolute Gasteiger partial charge is 0.306 e. The second-order valence-corrected chi connectivity index (χ2v) is 18.0. The van der Waals surface area contributed by atoms with E-state index in [4.69, 9.17) is 28.4 Å². The van der Waals surface area contributed by atoms with Gasteiger partial charge in [-0.3, -0.25) is 9.59 Å². The zero-order valence-corrected chi connectivity index (χ0v) is 40.0. The molecule has 0 saturated carbocycles. The van der Waals surface area contributed by atoms with E-state index >= 15 is 0 Å². The average molecular weight is 931 g/mol. The maximum Gasteiger partial charge on any atom is 0.306 e. The van der Waals surface area contributed by atoms with Crippen molar-refractivity contribution in [1.29, 1.82) is 0 Å². The van der Waals surface area contributed by atoms with Crippen molar-refractivity contribution in [3.8, 4) is 0 Å². The van der Waals surface area contributed by atoms with Gasteiger partial charge in [-0.2, -0.15) is 0 Å². The molecule has 0 amide bonds. The average Bonchev–Trinajstić information content (AvgIpc) is 3.30. The first-order valence-electron chi connectivity index (χ1n) is 25.4. The number of carbonyl (C=O) groups excluding carboxylic acids is 2. The van der Waals surface area contributed by atoms with Gasteiger partial charge in [0.15, 0.2) is 18.7 Å². The van der Waals surface area contributed by atoms with Gasteiger partial charge in [0.2, 0.25) is 0 Å². The summed E-state index contributed by atoms with van der Waals surface area (Å²) in [7, 11) is 0. The fourth-order valence-corrected chi connectivity index (χ4v) is 7.94. The van der Waals surface area contributed by atoms with Crippen LogP contribution >= 0.6 is 0 Å². The van der Waals surface area contributed by atoms with Crippen LogP contribution in [0, 0.1) is 0 Å². The summed E-state index contributed by atoms with van der Waals surface area (Å²) < 4.78 is 33.5. The van der Waals surface area contributed by atoms with E-state index < -0.39 is 92.7 Å². The Morgan fingerprint density at radius 2 is 0.938 bits per heavy atom. The van der Waals surface area contributed by atoms with Crippen molar-refractivity contribution in [1.82, 2.24) is 0 Å². The quantitative estimate of drug-likeness (QED) is 0.0192. The molecule has 380 valence electrons. The van der Waals surface area contributed by atoms with Crippen LogP contribution in [0.2, 0.25) is 0 Å². The molecule has 0 aromatic carbocycles. The highest BCUT2D eigenvalue weighted by Crippen LogP contribution is 2.26. The lowest BCUT2D eigenvalue weighted by Crippen LogP contribution is -2.61. The summed E-state index contributed by atoms with van der Waals surface area (Å²) in [4.78, 5) is 25.7. The minimum absolute atomic E-state index is 0.151. The molecule has 11 atom stereocenters. The minimum atomic E-state index is -1.76. The number of aliphatic hydroxyl groups excluding tert-OH is 7. The van der Waals surface area contributed by atoms with Gasteiger partial charge in [0, 0.05) is 12.8 Å². The number of rotatable bonds is 39. The molecule has 4 unspecified atom stereocenters. The van der Waals surface area contributed by atoms with Crippen LogP contribution in [0.4, 0.5) is 0 Å². The molecule has 2 heterocycles. The Labute approximate surface area is 390 Å². The predicted octanol–water partition coefficient (Wildman–Crippen LogP) is 6.77. The first kappa shape index (κ1) is 59.1. The van der Waals surface area contributed by atoms with Crippen LogP contribution in [0.25, 0.3) is 0 Å². The second kappa shape index (κ2) is 37.9. The fourth-order valence-electron chi connectivity index (χ4n) is 7.94. The Balaban J connectivity index is 1.82. The van der Waals surface area contributed by atoms with Crippen molar-refractivity contribution in [2.75, 3.05) is 26.4 Å². The minimum Gasteiger partial charge on any atom is -0.462 e. The van der Waals surface area contributed by atoms with Crippen LogP contribution in [-0.2, 0) is 38.0 Å². The Kier molecular flexibility index (Phi) is 34.5. The van der Waals surface area contributed by atoms with Gasteiger partial charge in [-0.15, -0.1) is 0 Å². The molecule has 15 nitrogen and oxygen atoms in total. The Hall–Kier alpha value is -2.02. The summed E-state index contributed by atoms with van der Waals surface area (Å²) >= 11 is 0. The zero-order chi connectivity index (χ0) is 47.5. The third-order valence-electron chi connectivity index (χ3n) is 12.2. The van der Waals surface area contributed by atoms with Crippen molar-refractivity contribution in [3.63, 3.8) is 0 Å². The highest BCUT2D eigenvalue weighted by Gasteiger charge is 2.47. The summed E-state index contributed by atoms with van der Waals surface area (Å²) in [6, 6.07) is 0. The van der Waals surface area contributed by atoms with Crippen LogP contribution in [0.3, 0.4) is 0 Å². The number of hydrogen-bond acceptors (Lipinski definition) is 15. The molecular weight excluding hydrogens is 841 g/mol. The number of unbranched alkanes of at least 4 members (excludes halogenated alkanes) is 21.